The van der Waals surface area contributed by atoms with Crippen LogP contribution < -0.4 is 0 Å². The van der Waals surface area contributed by atoms with Crippen molar-refractivity contribution in [2.24, 2.45) is 28.6 Å². The van der Waals surface area contributed by atoms with E-state index in [2.05, 4.69) is 19.9 Å². The first-order valence-corrected chi connectivity index (χ1v) is 8.75. The zero-order valence-corrected chi connectivity index (χ0v) is 13.3. The molecule has 6 atom stereocenters. The minimum Gasteiger partial charge on any atom is -0.511 e. The molecule has 2 nitrogen and oxygen atoms in total. The Morgan fingerprint density at radius 3 is 2.67 bits per heavy atom. The Labute approximate surface area is 127 Å². The molecule has 0 aliphatic heterocycles. The summed E-state index contributed by atoms with van der Waals surface area (Å²) in [5.74, 6) is 2.70. The van der Waals surface area contributed by atoms with E-state index < -0.39 is 0 Å². The van der Waals surface area contributed by atoms with Gasteiger partial charge in [0.25, 0.3) is 0 Å². The molecule has 116 valence electrons. The fourth-order valence-electron chi connectivity index (χ4n) is 6.21. The summed E-state index contributed by atoms with van der Waals surface area (Å²) in [5.41, 5.74) is 1.84. The van der Waals surface area contributed by atoms with Gasteiger partial charge >= 0.3 is 0 Å². The highest BCUT2D eigenvalue weighted by molar-refractivity contribution is 5.40. The van der Waals surface area contributed by atoms with Crippen LogP contribution in [0.3, 0.4) is 0 Å². The van der Waals surface area contributed by atoms with Crippen LogP contribution in [0.2, 0.25) is 0 Å². The lowest BCUT2D eigenvalue weighted by Gasteiger charge is -2.58. The number of allylic oxidation sites excluding steroid dienone is 3. The first-order valence-electron chi connectivity index (χ1n) is 8.75. The molecule has 0 aromatic carbocycles. The van der Waals surface area contributed by atoms with Crippen molar-refractivity contribution < 1.29 is 10.2 Å². The number of hydrogen-bond donors (Lipinski definition) is 2. The van der Waals surface area contributed by atoms with E-state index >= 15 is 0 Å². The van der Waals surface area contributed by atoms with Crippen molar-refractivity contribution >= 4 is 0 Å². The highest BCUT2D eigenvalue weighted by Gasteiger charge is 2.56. The van der Waals surface area contributed by atoms with Gasteiger partial charge in [0.1, 0.15) is 5.76 Å². The smallest absolute Gasteiger partial charge is 0.102 e. The zero-order valence-electron chi connectivity index (χ0n) is 13.3. The number of hydrogen-bond acceptors (Lipinski definition) is 2. The molecule has 4 rings (SSSR count). The summed E-state index contributed by atoms with van der Waals surface area (Å²) in [7, 11) is 0. The van der Waals surface area contributed by atoms with E-state index in [-0.39, 0.29) is 11.5 Å². The van der Waals surface area contributed by atoms with Gasteiger partial charge in [0.15, 0.2) is 0 Å². The van der Waals surface area contributed by atoms with Gasteiger partial charge in [-0.05, 0) is 81.1 Å². The second-order valence-electron chi connectivity index (χ2n) is 8.47. The van der Waals surface area contributed by atoms with Crippen molar-refractivity contribution in [2.45, 2.75) is 64.9 Å². The summed E-state index contributed by atoms with van der Waals surface area (Å²) < 4.78 is 0. The van der Waals surface area contributed by atoms with E-state index in [1.807, 2.05) is 6.08 Å². The van der Waals surface area contributed by atoms with Crippen molar-refractivity contribution in [1.82, 2.24) is 0 Å². The normalized spacial score (nSPS) is 52.3. The van der Waals surface area contributed by atoms with Crippen LogP contribution in [0, 0.1) is 28.6 Å². The Kier molecular flexibility index (Phi) is 2.89. The number of aliphatic hydroxyl groups excluding tert-OH is 2. The number of aliphatic hydroxyl groups is 2. The van der Waals surface area contributed by atoms with Crippen molar-refractivity contribution in [2.75, 3.05) is 0 Å². The van der Waals surface area contributed by atoms with Crippen LogP contribution in [0.15, 0.2) is 23.5 Å². The highest BCUT2D eigenvalue weighted by Crippen LogP contribution is 2.64. The van der Waals surface area contributed by atoms with Crippen LogP contribution in [0.25, 0.3) is 0 Å². The molecule has 0 bridgehead atoms. The molecule has 0 heterocycles. The van der Waals surface area contributed by atoms with Gasteiger partial charge in [0.2, 0.25) is 0 Å². The maximum atomic E-state index is 10.3. The minimum absolute atomic E-state index is 0.0649. The molecule has 3 fully saturated rings. The maximum Gasteiger partial charge on any atom is 0.102 e. The third kappa shape index (κ3) is 1.75. The van der Waals surface area contributed by atoms with Gasteiger partial charge < -0.3 is 10.2 Å². The van der Waals surface area contributed by atoms with E-state index in [1.165, 1.54) is 31.3 Å². The fourth-order valence-corrected chi connectivity index (χ4v) is 6.21. The van der Waals surface area contributed by atoms with Crippen LogP contribution in [-0.4, -0.2) is 16.3 Å². The lowest BCUT2D eigenvalue weighted by Crippen LogP contribution is -2.51. The topological polar surface area (TPSA) is 40.5 Å². The molecule has 2 unspecified atom stereocenters. The van der Waals surface area contributed by atoms with Crippen LogP contribution in [0.1, 0.15) is 58.8 Å². The maximum absolute atomic E-state index is 10.3. The summed E-state index contributed by atoms with van der Waals surface area (Å²) in [4.78, 5) is 0. The Morgan fingerprint density at radius 2 is 1.86 bits per heavy atom. The Balaban J connectivity index is 1.66. The second kappa shape index (κ2) is 4.38. The lowest BCUT2D eigenvalue weighted by atomic mass is 9.46. The van der Waals surface area contributed by atoms with Gasteiger partial charge in [0.05, 0.1) is 6.10 Å². The summed E-state index contributed by atoms with van der Waals surface area (Å²) in [5, 5.41) is 20.3. The predicted molar refractivity (Wildman–Crippen MR) is 83.8 cm³/mol. The van der Waals surface area contributed by atoms with E-state index in [1.54, 1.807) is 0 Å². The van der Waals surface area contributed by atoms with Crippen LogP contribution in [0.4, 0.5) is 0 Å². The average Bonchev–Trinajstić information content (AvgIpc) is 2.76. The van der Waals surface area contributed by atoms with Crippen molar-refractivity contribution in [3.63, 3.8) is 0 Å². The minimum atomic E-state index is -0.0709. The molecule has 21 heavy (non-hydrogen) atoms. The third-order valence-electron chi connectivity index (χ3n) is 7.64. The van der Waals surface area contributed by atoms with Crippen molar-refractivity contribution in [3.8, 4) is 0 Å². The second-order valence-corrected chi connectivity index (χ2v) is 8.47. The number of fused-ring (bicyclic) bond motifs is 5. The average molecular weight is 288 g/mol. The predicted octanol–water partition coefficient (Wildman–Crippen LogP) is 4.36. The molecular weight excluding hydrogens is 260 g/mol. The molecule has 0 spiro atoms. The first kappa shape index (κ1) is 13.9. The molecule has 4 aliphatic rings. The van der Waals surface area contributed by atoms with E-state index in [9.17, 15) is 10.2 Å². The molecular formula is C19H28O2. The molecule has 0 saturated heterocycles. The zero-order chi connectivity index (χ0) is 14.8. The largest absolute Gasteiger partial charge is 0.511 e. The van der Waals surface area contributed by atoms with Gasteiger partial charge in [-0.25, -0.2) is 0 Å². The molecule has 0 radical (unpaired) electrons. The molecule has 0 aromatic heterocycles. The van der Waals surface area contributed by atoms with E-state index in [0.29, 0.717) is 23.0 Å². The lowest BCUT2D eigenvalue weighted by molar-refractivity contribution is -0.0811. The highest BCUT2D eigenvalue weighted by atomic mass is 16.3. The van der Waals surface area contributed by atoms with Gasteiger partial charge in [-0.3, -0.25) is 0 Å². The SMILES string of the molecule is C[C@]12CC[C@H]3[C@@H](CCC4CC(O)CC[C@@]43C)C1=CC=C2O. The Bertz CT molecular complexity index is 520. The summed E-state index contributed by atoms with van der Waals surface area (Å²) in [6, 6.07) is 0. The van der Waals surface area contributed by atoms with Gasteiger partial charge in [-0.2, -0.15) is 0 Å². The summed E-state index contributed by atoms with van der Waals surface area (Å²) in [6.07, 6.45) is 12.1. The third-order valence-corrected chi connectivity index (χ3v) is 7.64. The molecule has 4 aliphatic carbocycles. The van der Waals surface area contributed by atoms with Crippen molar-refractivity contribution in [3.05, 3.63) is 23.5 Å². The van der Waals surface area contributed by atoms with Gasteiger partial charge in [0, 0.05) is 5.41 Å². The van der Waals surface area contributed by atoms with Crippen LogP contribution >= 0.6 is 0 Å². The molecule has 2 heteroatoms. The van der Waals surface area contributed by atoms with Crippen molar-refractivity contribution in [1.29, 1.82) is 0 Å². The first-order chi connectivity index (χ1) is 9.95. The fraction of sp³-hybridized carbons (Fsp3) is 0.789. The van der Waals surface area contributed by atoms with Gasteiger partial charge in [-0.1, -0.05) is 18.6 Å². The quantitative estimate of drug-likeness (QED) is 0.695. The summed E-state index contributed by atoms with van der Waals surface area (Å²) in [6.45, 7) is 4.72. The Hall–Kier alpha value is -0.760. The summed E-state index contributed by atoms with van der Waals surface area (Å²) >= 11 is 0. The van der Waals surface area contributed by atoms with E-state index in [0.717, 1.165) is 25.2 Å². The molecule has 0 aromatic rings. The Morgan fingerprint density at radius 1 is 1.05 bits per heavy atom. The number of rotatable bonds is 0. The van der Waals surface area contributed by atoms with E-state index in [4.69, 9.17) is 0 Å². The standard InChI is InChI=1S/C19H28O2/c1-18-9-7-13(20)11-12(18)3-4-14-15-5-6-17(21)19(15,2)10-8-16(14)18/h5-6,12-14,16,20-21H,3-4,7-11H2,1-2H3/t12?,13?,14-,16-,18-,19-/m0/s1. The van der Waals surface area contributed by atoms with Crippen LogP contribution in [-0.2, 0) is 0 Å². The van der Waals surface area contributed by atoms with Gasteiger partial charge in [-0.15, -0.1) is 0 Å². The molecule has 0 amide bonds. The van der Waals surface area contributed by atoms with Crippen LogP contribution in [0.5, 0.6) is 0 Å². The monoisotopic (exact) mass is 288 g/mol. The molecule has 3 saturated carbocycles. The molecule has 2 N–H and O–H groups in total.